The lowest BCUT2D eigenvalue weighted by Gasteiger charge is -2.15. The van der Waals surface area contributed by atoms with Gasteiger partial charge in [0.25, 0.3) is 10.0 Å². The molecule has 204 valence electrons. The highest BCUT2D eigenvalue weighted by atomic mass is 32.2. The number of fused-ring (bicyclic) bond motifs is 2. The van der Waals surface area contributed by atoms with E-state index >= 15 is 0 Å². The summed E-state index contributed by atoms with van der Waals surface area (Å²) in [6, 6.07) is 19.0. The van der Waals surface area contributed by atoms with Crippen LogP contribution < -0.4 is 0 Å². The van der Waals surface area contributed by atoms with Gasteiger partial charge in [0.2, 0.25) is 5.78 Å². The Bertz CT molecular complexity index is 2010. The molecule has 0 fully saturated rings. The molecule has 8 nitrogen and oxygen atoms in total. The quantitative estimate of drug-likeness (QED) is 0.218. The number of pyridine rings is 2. The topological polar surface area (TPSA) is 118 Å². The lowest BCUT2D eigenvalue weighted by Crippen LogP contribution is -2.18. The molecule has 0 aliphatic carbocycles. The molecule has 1 aromatic carbocycles. The lowest BCUT2D eigenvalue weighted by atomic mass is 10.1. The van der Waals surface area contributed by atoms with Crippen LogP contribution in [0.2, 0.25) is 0 Å². The lowest BCUT2D eigenvalue weighted by molar-refractivity contribution is 0.103. The summed E-state index contributed by atoms with van der Waals surface area (Å²) >= 11 is 2.97. The number of carbonyl (C=O) groups excluding carboxylic acids is 1. The number of benzene rings is 1. The molecule has 0 saturated carbocycles. The van der Waals surface area contributed by atoms with Gasteiger partial charge in [-0.05, 0) is 70.2 Å². The van der Waals surface area contributed by atoms with Crippen molar-refractivity contribution in [2.45, 2.75) is 11.0 Å². The number of carbonyl (C=O) groups is 1. The molecule has 2 N–H and O–H groups in total. The average Bonchev–Trinajstić information content (AvgIpc) is 3.82. The van der Waals surface area contributed by atoms with Crippen LogP contribution in [-0.4, -0.2) is 38.2 Å². The Morgan fingerprint density at radius 3 is 2.32 bits per heavy atom. The summed E-state index contributed by atoms with van der Waals surface area (Å²) in [4.78, 5) is 23.3. The highest BCUT2D eigenvalue weighted by molar-refractivity contribution is 7.90. The number of hydrogen-bond acceptors (Lipinski definition) is 8. The zero-order valence-electron chi connectivity index (χ0n) is 21.3. The van der Waals surface area contributed by atoms with Crippen LogP contribution in [0.5, 0.6) is 0 Å². The maximum atomic E-state index is 13.2. The van der Waals surface area contributed by atoms with Crippen molar-refractivity contribution in [3.63, 3.8) is 0 Å². The van der Waals surface area contributed by atoms with Crippen molar-refractivity contribution in [1.82, 2.24) is 18.9 Å². The van der Waals surface area contributed by atoms with Crippen molar-refractivity contribution in [1.29, 1.82) is 0 Å². The molecular weight excluding hydrogens is 577 g/mol. The monoisotopic (exact) mass is 598 g/mol. The highest BCUT2D eigenvalue weighted by Gasteiger charge is 2.27. The Balaban J connectivity index is 0.000000162. The van der Waals surface area contributed by atoms with Gasteiger partial charge in [-0.2, -0.15) is 22.7 Å². The number of H-pyrrole nitrogens is 1. The molecular formula is C30H22N4O4S3. The predicted molar refractivity (Wildman–Crippen MR) is 161 cm³/mol. The maximum Gasteiger partial charge on any atom is 0.268 e. The van der Waals surface area contributed by atoms with Crippen LogP contribution in [0.25, 0.3) is 21.8 Å². The fraction of sp³-hybridized carbons (Fsp3) is 0.0333. The van der Waals surface area contributed by atoms with Crippen molar-refractivity contribution in [3.05, 3.63) is 136 Å². The molecule has 0 aliphatic heterocycles. The number of nitrogens with zero attached hydrogens (tertiary/aromatic N) is 3. The SMILES string of the molecule is O=C(c1ccsc1)c1cc2ccncc2[nH]1.O=S(=O)(c1ccccc1)n1c(C(O)c2ccsc2)cc2ccncc21. The van der Waals surface area contributed by atoms with Gasteiger partial charge in [-0.15, -0.1) is 0 Å². The first kappa shape index (κ1) is 26.8. The Morgan fingerprint density at radius 2 is 1.61 bits per heavy atom. The number of rotatable bonds is 6. The molecule has 11 heteroatoms. The third-order valence-electron chi connectivity index (χ3n) is 6.46. The summed E-state index contributed by atoms with van der Waals surface area (Å²) in [5.74, 6) is 0.0254. The van der Waals surface area contributed by atoms with Crippen LogP contribution in [0.15, 0.2) is 118 Å². The van der Waals surface area contributed by atoms with Gasteiger partial charge in [0.05, 0.1) is 39.7 Å². The van der Waals surface area contributed by atoms with Crippen LogP contribution in [0.3, 0.4) is 0 Å². The van der Waals surface area contributed by atoms with Gasteiger partial charge in [0, 0.05) is 34.1 Å². The third kappa shape index (κ3) is 5.23. The van der Waals surface area contributed by atoms with E-state index in [1.165, 1.54) is 45.0 Å². The number of aliphatic hydroxyl groups excluding tert-OH is 1. The van der Waals surface area contributed by atoms with Crippen LogP contribution >= 0.6 is 22.7 Å². The molecule has 0 aliphatic rings. The van der Waals surface area contributed by atoms with E-state index in [4.69, 9.17) is 0 Å². The first-order valence-corrected chi connectivity index (χ1v) is 15.7. The zero-order valence-corrected chi connectivity index (χ0v) is 23.7. The van der Waals surface area contributed by atoms with Gasteiger partial charge < -0.3 is 10.1 Å². The first-order chi connectivity index (χ1) is 19.9. The van der Waals surface area contributed by atoms with E-state index in [9.17, 15) is 18.3 Å². The number of nitrogens with one attached hydrogen (secondary N) is 1. The van der Waals surface area contributed by atoms with Gasteiger partial charge in [0.15, 0.2) is 0 Å². The van der Waals surface area contributed by atoms with Crippen LogP contribution in [-0.2, 0) is 10.0 Å². The largest absolute Gasteiger partial charge is 0.382 e. The number of ketones is 1. The highest BCUT2D eigenvalue weighted by Crippen LogP contribution is 2.32. The number of aromatic amines is 1. The molecule has 6 heterocycles. The van der Waals surface area contributed by atoms with Gasteiger partial charge >= 0.3 is 0 Å². The maximum absolute atomic E-state index is 13.2. The summed E-state index contributed by atoms with van der Waals surface area (Å²) < 4.78 is 27.6. The summed E-state index contributed by atoms with van der Waals surface area (Å²) in [7, 11) is -3.87. The number of aliphatic hydroxyl groups is 1. The molecule has 1 atom stereocenters. The summed E-state index contributed by atoms with van der Waals surface area (Å²) in [5.41, 5.74) is 3.62. The second-order valence-electron chi connectivity index (χ2n) is 9.03. The Morgan fingerprint density at radius 1 is 0.878 bits per heavy atom. The molecule has 0 radical (unpaired) electrons. The van der Waals surface area contributed by atoms with E-state index in [0.29, 0.717) is 27.9 Å². The van der Waals surface area contributed by atoms with Crippen LogP contribution in [0.1, 0.15) is 33.4 Å². The van der Waals surface area contributed by atoms with Gasteiger partial charge in [0.1, 0.15) is 6.10 Å². The van der Waals surface area contributed by atoms with Crippen molar-refractivity contribution >= 4 is 60.3 Å². The second-order valence-corrected chi connectivity index (χ2v) is 12.4. The molecule has 6 aromatic heterocycles. The average molecular weight is 599 g/mol. The summed E-state index contributed by atoms with van der Waals surface area (Å²) in [6.45, 7) is 0. The fourth-order valence-corrected chi connectivity index (χ4v) is 7.32. The van der Waals surface area contributed by atoms with E-state index < -0.39 is 16.1 Å². The molecule has 0 bridgehead atoms. The standard InChI is InChI=1S/C18H14N2O3S2.C12H8N2OS/c21-18(14-7-9-24-12-14)16-10-13-6-8-19-11-17(13)20(16)25(22,23)15-4-2-1-3-5-15;15-12(9-2-4-16-7-9)10-5-8-1-3-13-6-11(8)14-10/h1-12,18,21H;1-7,14H. The van der Waals surface area contributed by atoms with Gasteiger partial charge in [-0.1, -0.05) is 18.2 Å². The van der Waals surface area contributed by atoms with E-state index in [1.807, 2.05) is 34.3 Å². The van der Waals surface area contributed by atoms with Crippen molar-refractivity contribution < 1.29 is 18.3 Å². The van der Waals surface area contributed by atoms with E-state index in [0.717, 1.165) is 16.5 Å². The minimum Gasteiger partial charge on any atom is -0.382 e. The number of hydrogen-bond donors (Lipinski definition) is 2. The van der Waals surface area contributed by atoms with Crippen molar-refractivity contribution in [2.75, 3.05) is 0 Å². The molecule has 7 rings (SSSR count). The zero-order chi connectivity index (χ0) is 28.4. The molecule has 0 saturated heterocycles. The summed E-state index contributed by atoms with van der Waals surface area (Å²) in [6.07, 6.45) is 5.49. The molecule has 7 aromatic rings. The second kappa shape index (κ2) is 11.2. The van der Waals surface area contributed by atoms with Gasteiger partial charge in [-0.3, -0.25) is 14.8 Å². The first-order valence-electron chi connectivity index (χ1n) is 12.4. The molecule has 0 amide bonds. The third-order valence-corrected chi connectivity index (χ3v) is 9.60. The van der Waals surface area contributed by atoms with Crippen molar-refractivity contribution in [2.24, 2.45) is 0 Å². The number of thiophene rings is 2. The van der Waals surface area contributed by atoms with Crippen LogP contribution in [0, 0.1) is 0 Å². The minimum atomic E-state index is -3.87. The molecule has 41 heavy (non-hydrogen) atoms. The normalized spacial score (nSPS) is 12.2. The van der Waals surface area contributed by atoms with Crippen LogP contribution in [0.4, 0.5) is 0 Å². The Labute approximate surface area is 243 Å². The van der Waals surface area contributed by atoms with Gasteiger partial charge in [-0.25, -0.2) is 12.4 Å². The molecule has 1 unspecified atom stereocenters. The van der Waals surface area contributed by atoms with E-state index in [1.54, 1.807) is 60.4 Å². The predicted octanol–water partition coefficient (Wildman–Crippen LogP) is 6.27. The van der Waals surface area contributed by atoms with E-state index in [-0.39, 0.29) is 10.7 Å². The van der Waals surface area contributed by atoms with E-state index in [2.05, 4.69) is 15.0 Å². The number of aromatic nitrogens is 4. The summed E-state index contributed by atoms with van der Waals surface area (Å²) in [5, 5.41) is 19.9. The smallest absolute Gasteiger partial charge is 0.268 e. The Kier molecular flexibility index (Phi) is 7.33. The Hall–Kier alpha value is -4.42. The minimum absolute atomic E-state index is 0.0254. The van der Waals surface area contributed by atoms with Crippen molar-refractivity contribution in [3.8, 4) is 0 Å². The molecule has 0 spiro atoms. The fourth-order valence-electron chi connectivity index (χ4n) is 4.45.